The van der Waals surface area contributed by atoms with E-state index in [1.54, 1.807) is 7.11 Å². The number of rotatable bonds is 5. The van der Waals surface area contributed by atoms with Gasteiger partial charge in [-0.05, 0) is 53.6 Å². The number of piperidine rings is 1. The van der Waals surface area contributed by atoms with Gasteiger partial charge in [0.25, 0.3) is 5.91 Å². The number of halogens is 2. The first-order chi connectivity index (χ1) is 10.8. The van der Waals surface area contributed by atoms with Crippen molar-refractivity contribution in [1.29, 1.82) is 0 Å². The lowest BCUT2D eigenvalue weighted by atomic mass is 9.90. The molecule has 0 spiro atoms. The van der Waals surface area contributed by atoms with Gasteiger partial charge in [0.2, 0.25) is 0 Å². The summed E-state index contributed by atoms with van der Waals surface area (Å²) < 4.78 is 11.4. The van der Waals surface area contributed by atoms with Gasteiger partial charge in [0.05, 0.1) is 12.2 Å². The van der Waals surface area contributed by atoms with Crippen LogP contribution < -0.4 is 10.6 Å². The molecule has 25 heavy (non-hydrogen) atoms. The number of nitrogens with zero attached hydrogens (tertiary/aromatic N) is 1. The summed E-state index contributed by atoms with van der Waals surface area (Å²) in [4.78, 5) is 15.1. The normalized spacial score (nSPS) is 26.9. The lowest BCUT2D eigenvalue weighted by Gasteiger charge is -2.45. The number of nitrogens with one attached hydrogen (secondary N) is 2. The third-order valence-corrected chi connectivity index (χ3v) is 5.17. The highest BCUT2D eigenvalue weighted by atomic mass is 35.5. The van der Waals surface area contributed by atoms with Crippen molar-refractivity contribution in [2.75, 3.05) is 39.8 Å². The van der Waals surface area contributed by atoms with Crippen molar-refractivity contribution in [3.05, 3.63) is 0 Å². The quantitative estimate of drug-likeness (QED) is 0.734. The number of hydrogen-bond acceptors (Lipinski definition) is 5. The molecular weight excluding hydrogens is 365 g/mol. The van der Waals surface area contributed by atoms with Crippen molar-refractivity contribution in [2.24, 2.45) is 0 Å². The first-order valence-electron chi connectivity index (χ1n) is 8.74. The van der Waals surface area contributed by atoms with Crippen LogP contribution in [0.25, 0.3) is 0 Å². The summed E-state index contributed by atoms with van der Waals surface area (Å²) in [5.74, 6) is 0.0175. The summed E-state index contributed by atoms with van der Waals surface area (Å²) in [5.41, 5.74) is -0.781. The van der Waals surface area contributed by atoms with Crippen LogP contribution in [0, 0.1) is 0 Å². The second kappa shape index (κ2) is 10.3. The van der Waals surface area contributed by atoms with Crippen LogP contribution in [0.2, 0.25) is 0 Å². The highest BCUT2D eigenvalue weighted by Crippen LogP contribution is 2.24. The van der Waals surface area contributed by atoms with E-state index in [1.807, 2.05) is 0 Å². The van der Waals surface area contributed by atoms with Crippen LogP contribution in [0.5, 0.6) is 0 Å². The molecule has 2 atom stereocenters. The molecule has 0 aromatic heterocycles. The van der Waals surface area contributed by atoms with E-state index in [2.05, 4.69) is 43.2 Å². The van der Waals surface area contributed by atoms with Crippen LogP contribution in [0.1, 0.15) is 40.5 Å². The third kappa shape index (κ3) is 6.22. The number of hydrogen-bond donors (Lipinski definition) is 2. The first-order valence-corrected chi connectivity index (χ1v) is 8.74. The SMILES string of the molecule is COC1(C(=O)NCC(C)(C)N2CC(C)OC(C)C2)CCNCC1.Cl.Cl. The van der Waals surface area contributed by atoms with Gasteiger partial charge in [0.1, 0.15) is 5.60 Å². The van der Waals surface area contributed by atoms with Crippen LogP contribution in [-0.4, -0.2) is 74.0 Å². The molecule has 6 nitrogen and oxygen atoms in total. The summed E-state index contributed by atoms with van der Waals surface area (Å²) in [7, 11) is 1.64. The average molecular weight is 400 g/mol. The Morgan fingerprint density at radius 2 is 1.76 bits per heavy atom. The van der Waals surface area contributed by atoms with E-state index in [0.29, 0.717) is 6.54 Å². The van der Waals surface area contributed by atoms with E-state index in [-0.39, 0.29) is 48.5 Å². The largest absolute Gasteiger partial charge is 0.373 e. The van der Waals surface area contributed by atoms with Crippen molar-refractivity contribution < 1.29 is 14.3 Å². The van der Waals surface area contributed by atoms with Gasteiger partial charge in [-0.25, -0.2) is 0 Å². The maximum Gasteiger partial charge on any atom is 0.252 e. The van der Waals surface area contributed by atoms with E-state index in [9.17, 15) is 4.79 Å². The molecule has 0 saturated carbocycles. The minimum absolute atomic E-state index is 0. The number of carbonyl (C=O) groups excluding carboxylic acids is 1. The van der Waals surface area contributed by atoms with E-state index in [1.165, 1.54) is 0 Å². The fraction of sp³-hybridized carbons (Fsp3) is 0.941. The number of morpholine rings is 1. The van der Waals surface area contributed by atoms with Crippen molar-refractivity contribution in [2.45, 2.75) is 63.9 Å². The molecule has 2 fully saturated rings. The lowest BCUT2D eigenvalue weighted by Crippen LogP contribution is -2.61. The average Bonchev–Trinajstić information content (AvgIpc) is 2.52. The molecule has 0 bridgehead atoms. The molecule has 0 aromatic carbocycles. The standard InChI is InChI=1S/C17H33N3O3.2ClH/c1-13-10-20(11-14(2)23-13)16(3,4)12-19-15(21)17(22-5)6-8-18-9-7-17;;/h13-14,18H,6-12H2,1-5H3,(H,19,21);2*1H. The highest BCUT2D eigenvalue weighted by Gasteiger charge is 2.41. The molecule has 2 saturated heterocycles. The minimum Gasteiger partial charge on any atom is -0.373 e. The lowest BCUT2D eigenvalue weighted by molar-refractivity contribution is -0.147. The van der Waals surface area contributed by atoms with Gasteiger partial charge in [0.15, 0.2) is 0 Å². The van der Waals surface area contributed by atoms with E-state index >= 15 is 0 Å². The Labute approximate surface area is 164 Å². The number of carbonyl (C=O) groups is 1. The topological polar surface area (TPSA) is 62.8 Å². The molecule has 1 amide bonds. The molecule has 2 unspecified atom stereocenters. The van der Waals surface area contributed by atoms with Gasteiger partial charge >= 0.3 is 0 Å². The second-order valence-corrected chi connectivity index (χ2v) is 7.61. The number of ether oxygens (including phenoxy) is 2. The summed E-state index contributed by atoms with van der Waals surface area (Å²) >= 11 is 0. The van der Waals surface area contributed by atoms with Gasteiger partial charge < -0.3 is 20.1 Å². The fourth-order valence-corrected chi connectivity index (χ4v) is 3.60. The molecular formula is C17H35Cl2N3O3. The Morgan fingerprint density at radius 3 is 2.24 bits per heavy atom. The van der Waals surface area contributed by atoms with Gasteiger partial charge in [-0.1, -0.05) is 0 Å². The van der Waals surface area contributed by atoms with Crippen molar-refractivity contribution >= 4 is 30.7 Å². The zero-order chi connectivity index (χ0) is 17.1. The zero-order valence-electron chi connectivity index (χ0n) is 16.1. The van der Waals surface area contributed by atoms with Crippen molar-refractivity contribution in [1.82, 2.24) is 15.5 Å². The maximum absolute atomic E-state index is 12.7. The Hall–Kier alpha value is -0.110. The summed E-state index contributed by atoms with van der Waals surface area (Å²) in [5, 5.41) is 6.42. The Bertz CT molecular complexity index is 408. The molecule has 0 radical (unpaired) electrons. The van der Waals surface area contributed by atoms with Crippen molar-refractivity contribution in [3.8, 4) is 0 Å². The van der Waals surface area contributed by atoms with Crippen molar-refractivity contribution in [3.63, 3.8) is 0 Å². The van der Waals surface area contributed by atoms with Crippen LogP contribution in [0.15, 0.2) is 0 Å². The predicted molar refractivity (Wildman–Crippen MR) is 105 cm³/mol. The van der Waals surface area contributed by atoms with E-state index in [4.69, 9.17) is 9.47 Å². The Balaban J connectivity index is 0.00000288. The smallest absolute Gasteiger partial charge is 0.252 e. The van der Waals surface area contributed by atoms with Crippen LogP contribution in [0.3, 0.4) is 0 Å². The Morgan fingerprint density at radius 1 is 1.24 bits per heavy atom. The number of methoxy groups -OCH3 is 1. The number of amides is 1. The first kappa shape index (κ1) is 24.9. The summed E-state index contributed by atoms with van der Waals surface area (Å²) in [6, 6.07) is 0. The molecule has 2 aliphatic heterocycles. The van der Waals surface area contributed by atoms with Crippen LogP contribution in [0.4, 0.5) is 0 Å². The van der Waals surface area contributed by atoms with Gasteiger partial charge in [-0.2, -0.15) is 0 Å². The molecule has 2 aliphatic rings. The van der Waals surface area contributed by atoms with Gasteiger partial charge in [-0.3, -0.25) is 9.69 Å². The monoisotopic (exact) mass is 399 g/mol. The molecule has 0 aliphatic carbocycles. The maximum atomic E-state index is 12.7. The highest BCUT2D eigenvalue weighted by molar-refractivity contribution is 5.86. The third-order valence-electron chi connectivity index (χ3n) is 5.17. The van der Waals surface area contributed by atoms with E-state index in [0.717, 1.165) is 39.0 Å². The van der Waals surface area contributed by atoms with Gasteiger partial charge in [0, 0.05) is 32.3 Å². The zero-order valence-corrected chi connectivity index (χ0v) is 17.7. The molecule has 150 valence electrons. The Kier molecular flexibility index (Phi) is 10.2. The van der Waals surface area contributed by atoms with Gasteiger partial charge in [-0.15, -0.1) is 24.8 Å². The summed E-state index contributed by atoms with van der Waals surface area (Å²) in [6.07, 6.45) is 1.90. The molecule has 2 N–H and O–H groups in total. The molecule has 2 heterocycles. The summed E-state index contributed by atoms with van der Waals surface area (Å²) in [6.45, 7) is 12.6. The minimum atomic E-state index is -0.674. The second-order valence-electron chi connectivity index (χ2n) is 7.61. The molecule has 8 heteroatoms. The van der Waals surface area contributed by atoms with Crippen LogP contribution in [-0.2, 0) is 14.3 Å². The molecule has 2 rings (SSSR count). The van der Waals surface area contributed by atoms with Crippen LogP contribution >= 0.6 is 24.8 Å². The molecule has 0 aromatic rings. The predicted octanol–water partition coefficient (Wildman–Crippen LogP) is 1.60. The van der Waals surface area contributed by atoms with E-state index < -0.39 is 5.60 Å². The fourth-order valence-electron chi connectivity index (χ4n) is 3.60.